The number of aromatic amines is 1. The van der Waals surface area contributed by atoms with Crippen molar-refractivity contribution in [1.82, 2.24) is 9.55 Å². The maximum atomic E-state index is 13.6. The molecular formula is C20H24FN4O12P. The molecular weight excluding hydrogens is 538 g/mol. The van der Waals surface area contributed by atoms with Gasteiger partial charge in [-0.05, 0) is 26.0 Å². The van der Waals surface area contributed by atoms with E-state index in [2.05, 4.69) is 4.52 Å². The number of nitro benzene ring substituents is 1. The highest BCUT2D eigenvalue weighted by atomic mass is 31.2. The lowest BCUT2D eigenvalue weighted by molar-refractivity contribution is -0.384. The summed E-state index contributed by atoms with van der Waals surface area (Å²) in [7, 11) is -5.06. The molecule has 38 heavy (non-hydrogen) atoms. The molecule has 5 atom stereocenters. The van der Waals surface area contributed by atoms with Gasteiger partial charge >= 0.3 is 19.5 Å². The van der Waals surface area contributed by atoms with Gasteiger partial charge in [0.05, 0.1) is 36.1 Å². The monoisotopic (exact) mass is 562 g/mol. The van der Waals surface area contributed by atoms with Crippen molar-refractivity contribution >= 4 is 25.2 Å². The summed E-state index contributed by atoms with van der Waals surface area (Å²) in [6, 6.07) is 3.66. The SMILES string of the molecule is CCON(c1ccc([N+](=O)[O-])cc1)[C@@H](C)C(=O)OP(=O)(O)OC[C@H]1O[C@@H](n2cc(F)c(=O)[nH]c2=O)C[C@@H]1O. The average molecular weight is 562 g/mol. The number of ether oxygens (including phenoxy) is 1. The van der Waals surface area contributed by atoms with Gasteiger partial charge in [-0.15, -0.1) is 0 Å². The zero-order valence-corrected chi connectivity index (χ0v) is 20.9. The smallest absolute Gasteiger partial charge is 0.390 e. The molecule has 1 aromatic carbocycles. The number of aliphatic hydroxyl groups is 1. The van der Waals surface area contributed by atoms with Crippen molar-refractivity contribution in [2.24, 2.45) is 0 Å². The van der Waals surface area contributed by atoms with Gasteiger partial charge in [0.1, 0.15) is 12.3 Å². The molecule has 0 aliphatic carbocycles. The van der Waals surface area contributed by atoms with Crippen LogP contribution in [0.25, 0.3) is 0 Å². The molecule has 1 aromatic heterocycles. The molecule has 2 aromatic rings. The highest BCUT2D eigenvalue weighted by molar-refractivity contribution is 7.48. The van der Waals surface area contributed by atoms with Crippen LogP contribution in [0.4, 0.5) is 15.8 Å². The molecule has 1 fully saturated rings. The van der Waals surface area contributed by atoms with E-state index >= 15 is 0 Å². The number of carbonyl (C=O) groups excluding carboxylic acids is 1. The number of carbonyl (C=O) groups is 1. The standard InChI is InChI=1S/C20H24FN4O12P/c1-3-34-24(12-4-6-13(7-5-12)25(30)31)11(2)19(28)37-38(32,33)35-10-16-15(26)8-17(36-16)23-9-14(21)18(27)22-20(23)29/h4-7,9,11,15-17,26H,3,8,10H2,1-2H3,(H,32,33)(H,22,27,29)/t11-,15-,16+,17+/m0/s1. The summed E-state index contributed by atoms with van der Waals surface area (Å²) in [5, 5.41) is 22.1. The minimum atomic E-state index is -5.06. The van der Waals surface area contributed by atoms with Crippen molar-refractivity contribution in [3.05, 3.63) is 67.2 Å². The number of nitrogens with zero attached hydrogens (tertiary/aromatic N) is 3. The van der Waals surface area contributed by atoms with Crippen LogP contribution in [0.5, 0.6) is 0 Å². The van der Waals surface area contributed by atoms with Crippen LogP contribution in [-0.4, -0.2) is 61.9 Å². The third-order valence-electron chi connectivity index (χ3n) is 5.32. The predicted octanol–water partition coefficient (Wildman–Crippen LogP) is 0.739. The Morgan fingerprint density at radius 1 is 1.39 bits per heavy atom. The molecule has 1 aliphatic rings. The Morgan fingerprint density at radius 2 is 2.05 bits per heavy atom. The molecule has 1 aliphatic heterocycles. The second-order valence-corrected chi connectivity index (χ2v) is 9.32. The van der Waals surface area contributed by atoms with Crippen LogP contribution in [0.1, 0.15) is 26.5 Å². The Morgan fingerprint density at radius 3 is 2.66 bits per heavy atom. The number of hydrogen-bond acceptors (Lipinski definition) is 12. The number of nitro groups is 1. The first-order valence-corrected chi connectivity index (χ1v) is 12.5. The molecule has 16 nitrogen and oxygen atoms in total. The van der Waals surface area contributed by atoms with Crippen LogP contribution >= 0.6 is 7.82 Å². The third kappa shape index (κ3) is 6.89. The van der Waals surface area contributed by atoms with Gasteiger partial charge in [-0.3, -0.25) is 38.7 Å². The molecule has 0 bridgehead atoms. The van der Waals surface area contributed by atoms with E-state index in [1.165, 1.54) is 31.2 Å². The van der Waals surface area contributed by atoms with Crippen LogP contribution in [0, 0.1) is 15.9 Å². The number of hydrogen-bond donors (Lipinski definition) is 3. The van der Waals surface area contributed by atoms with Crippen LogP contribution in [0.15, 0.2) is 40.1 Å². The van der Waals surface area contributed by atoms with Crippen molar-refractivity contribution in [2.45, 2.75) is 44.7 Å². The van der Waals surface area contributed by atoms with Crippen molar-refractivity contribution < 1.29 is 47.3 Å². The molecule has 1 saturated heterocycles. The first-order valence-electron chi connectivity index (χ1n) is 11.0. The molecule has 0 radical (unpaired) electrons. The Labute approximate surface area is 212 Å². The van der Waals surface area contributed by atoms with Gasteiger partial charge in [0.15, 0.2) is 6.04 Å². The number of phosphoric ester groups is 1. The molecule has 208 valence electrons. The molecule has 2 heterocycles. The van der Waals surface area contributed by atoms with E-state index in [4.69, 9.17) is 14.1 Å². The van der Waals surface area contributed by atoms with Gasteiger partial charge in [0.25, 0.3) is 11.2 Å². The maximum absolute atomic E-state index is 13.6. The van der Waals surface area contributed by atoms with E-state index in [0.717, 1.165) is 5.06 Å². The second kappa shape index (κ2) is 11.9. The molecule has 3 N–H and O–H groups in total. The fourth-order valence-corrected chi connectivity index (χ4v) is 4.23. The van der Waals surface area contributed by atoms with E-state index < -0.39 is 66.9 Å². The number of non-ortho nitro benzene ring substituents is 1. The lowest BCUT2D eigenvalue weighted by Crippen LogP contribution is -2.40. The third-order valence-corrected chi connectivity index (χ3v) is 6.21. The summed E-state index contributed by atoms with van der Waals surface area (Å²) in [6.07, 6.45) is -3.48. The first-order chi connectivity index (χ1) is 17.8. The Kier molecular flexibility index (Phi) is 9.14. The lowest BCUT2D eigenvalue weighted by Gasteiger charge is -2.28. The zero-order chi connectivity index (χ0) is 28.2. The maximum Gasteiger partial charge on any atom is 0.529 e. The van der Waals surface area contributed by atoms with Gasteiger partial charge in [-0.2, -0.15) is 4.39 Å². The van der Waals surface area contributed by atoms with Gasteiger partial charge in [0.2, 0.25) is 5.82 Å². The van der Waals surface area contributed by atoms with Crippen molar-refractivity contribution in [2.75, 3.05) is 18.3 Å². The quantitative estimate of drug-likeness (QED) is 0.196. The fourth-order valence-electron chi connectivity index (χ4n) is 3.46. The number of anilines is 1. The summed E-state index contributed by atoms with van der Waals surface area (Å²) >= 11 is 0. The molecule has 0 spiro atoms. The van der Waals surface area contributed by atoms with E-state index in [1.54, 1.807) is 11.9 Å². The van der Waals surface area contributed by atoms with Crippen molar-refractivity contribution in [3.8, 4) is 0 Å². The number of phosphoric acid groups is 1. The van der Waals surface area contributed by atoms with Gasteiger partial charge in [0, 0.05) is 18.6 Å². The van der Waals surface area contributed by atoms with Gasteiger partial charge in [-0.1, -0.05) is 0 Å². The van der Waals surface area contributed by atoms with Crippen molar-refractivity contribution in [1.29, 1.82) is 0 Å². The lowest BCUT2D eigenvalue weighted by atomic mass is 10.2. The topological polar surface area (TPSA) is 213 Å². The second-order valence-electron chi connectivity index (χ2n) is 7.94. The predicted molar refractivity (Wildman–Crippen MR) is 124 cm³/mol. The largest absolute Gasteiger partial charge is 0.529 e. The number of aromatic nitrogens is 2. The summed E-state index contributed by atoms with van der Waals surface area (Å²) < 4.78 is 41.4. The summed E-state index contributed by atoms with van der Waals surface area (Å²) in [5.41, 5.74) is -2.22. The number of aliphatic hydroxyl groups excluding tert-OH is 1. The van der Waals surface area contributed by atoms with E-state index in [0.29, 0.717) is 10.8 Å². The van der Waals surface area contributed by atoms with E-state index in [1.807, 2.05) is 0 Å². The molecule has 1 unspecified atom stereocenters. The Bertz CT molecular complexity index is 1330. The van der Waals surface area contributed by atoms with Crippen LogP contribution in [-0.2, 0) is 28.0 Å². The van der Waals surface area contributed by atoms with Crippen molar-refractivity contribution in [3.63, 3.8) is 0 Å². The van der Waals surface area contributed by atoms with Crippen LogP contribution < -0.4 is 16.3 Å². The summed E-state index contributed by atoms with van der Waals surface area (Å²) in [4.78, 5) is 63.1. The fraction of sp³-hybridized carbons (Fsp3) is 0.450. The summed E-state index contributed by atoms with van der Waals surface area (Å²) in [6.45, 7) is 2.20. The van der Waals surface area contributed by atoms with Crippen LogP contribution in [0.3, 0.4) is 0 Å². The van der Waals surface area contributed by atoms with Gasteiger partial charge in [-0.25, -0.2) is 19.2 Å². The molecule has 0 saturated carbocycles. The Hall–Kier alpha value is -3.47. The number of nitrogens with one attached hydrogen (secondary N) is 1. The number of H-pyrrole nitrogens is 1. The Balaban J connectivity index is 1.62. The molecule has 3 rings (SSSR count). The molecule has 0 amide bonds. The molecule has 18 heteroatoms. The number of rotatable bonds is 11. The summed E-state index contributed by atoms with van der Waals surface area (Å²) in [5.74, 6) is -2.51. The van der Waals surface area contributed by atoms with E-state index in [-0.39, 0.29) is 24.4 Å². The number of halogens is 1. The number of hydroxylamine groups is 1. The minimum Gasteiger partial charge on any atom is -0.390 e. The average Bonchev–Trinajstić information content (AvgIpc) is 3.23. The highest BCUT2D eigenvalue weighted by Gasteiger charge is 2.39. The van der Waals surface area contributed by atoms with Crippen LogP contribution in [0.2, 0.25) is 0 Å². The van der Waals surface area contributed by atoms with E-state index in [9.17, 15) is 43.5 Å². The van der Waals surface area contributed by atoms with Gasteiger partial charge < -0.3 is 14.4 Å². The first kappa shape index (κ1) is 29.1. The zero-order valence-electron chi connectivity index (χ0n) is 20.0. The number of benzene rings is 1. The minimum absolute atomic E-state index is 0.0717. The normalized spacial score (nSPS) is 21.4. The highest BCUT2D eigenvalue weighted by Crippen LogP contribution is 2.45.